The van der Waals surface area contributed by atoms with Gasteiger partial charge in [-0.15, -0.1) is 0 Å². The summed E-state index contributed by atoms with van der Waals surface area (Å²) in [5.41, 5.74) is -1.01. The zero-order valence-corrected chi connectivity index (χ0v) is 16.2. The van der Waals surface area contributed by atoms with Crippen molar-refractivity contribution in [1.29, 1.82) is 0 Å². The molecule has 2 heterocycles. The molecule has 7 heteroatoms. The zero-order valence-electron chi connectivity index (χ0n) is 15.3. The van der Waals surface area contributed by atoms with E-state index >= 15 is 0 Å². The summed E-state index contributed by atoms with van der Waals surface area (Å²) in [6.07, 6.45) is -0.622. The second kappa shape index (κ2) is 4.49. The monoisotopic (exact) mass is 331 g/mol. The molecular weight excluding hydrogens is 301 g/mol. The molecule has 2 saturated heterocycles. The molecule has 0 bridgehead atoms. The fourth-order valence-corrected chi connectivity index (χ4v) is 7.90. The van der Waals surface area contributed by atoms with Gasteiger partial charge in [0, 0.05) is 22.2 Å². The standard InChI is InChI=1S/C15H30N3O3P/c1-10-21-11(19)16-22(20,17-12(2,3)13(17,4)5)18-14(6,7)15(18,8)9/h10H2,1-9H3,(H,16,19,20). The van der Waals surface area contributed by atoms with Crippen molar-refractivity contribution in [3.8, 4) is 0 Å². The third-order valence-electron chi connectivity index (χ3n) is 6.07. The third kappa shape index (κ3) is 2.00. The second-order valence-electron chi connectivity index (χ2n) is 8.24. The maximum atomic E-state index is 13.9. The van der Waals surface area contributed by atoms with Crippen molar-refractivity contribution in [3.63, 3.8) is 0 Å². The summed E-state index contributed by atoms with van der Waals surface area (Å²) >= 11 is 0. The predicted octanol–water partition coefficient (Wildman–Crippen LogP) is 3.59. The van der Waals surface area contributed by atoms with Gasteiger partial charge in [-0.2, -0.15) is 0 Å². The highest BCUT2D eigenvalue weighted by Gasteiger charge is 2.79. The quantitative estimate of drug-likeness (QED) is 0.630. The van der Waals surface area contributed by atoms with Crippen LogP contribution in [0.3, 0.4) is 0 Å². The Morgan fingerprint density at radius 2 is 1.23 bits per heavy atom. The first-order valence-corrected chi connectivity index (χ1v) is 9.47. The lowest BCUT2D eigenvalue weighted by atomic mass is 10.0. The smallest absolute Gasteiger partial charge is 0.414 e. The van der Waals surface area contributed by atoms with Crippen LogP contribution in [-0.4, -0.2) is 44.2 Å². The van der Waals surface area contributed by atoms with E-state index in [1.807, 2.05) is 9.34 Å². The molecule has 6 nitrogen and oxygen atoms in total. The molecule has 0 aromatic rings. The van der Waals surface area contributed by atoms with E-state index in [0.29, 0.717) is 0 Å². The van der Waals surface area contributed by atoms with E-state index in [9.17, 15) is 9.36 Å². The lowest BCUT2D eigenvalue weighted by molar-refractivity contribution is 0.157. The van der Waals surface area contributed by atoms with Gasteiger partial charge in [0.15, 0.2) is 0 Å². The van der Waals surface area contributed by atoms with Crippen LogP contribution in [-0.2, 0) is 9.30 Å². The van der Waals surface area contributed by atoms with Gasteiger partial charge in [0.2, 0.25) is 0 Å². The molecule has 2 aliphatic rings. The molecule has 0 aromatic carbocycles. The van der Waals surface area contributed by atoms with Crippen LogP contribution in [0.2, 0.25) is 0 Å². The summed E-state index contributed by atoms with van der Waals surface area (Å²) in [6, 6.07) is 0. The fourth-order valence-electron chi connectivity index (χ4n) is 3.61. The highest BCUT2D eigenvalue weighted by molar-refractivity contribution is 7.58. The Bertz CT molecular complexity index is 490. The Morgan fingerprint density at radius 1 is 0.909 bits per heavy atom. The largest absolute Gasteiger partial charge is 0.450 e. The van der Waals surface area contributed by atoms with E-state index in [1.165, 1.54) is 0 Å². The highest BCUT2D eigenvalue weighted by atomic mass is 31.2. The number of rotatable bonds is 4. The number of hydrogen-bond acceptors (Lipinski definition) is 3. The normalized spacial score (nSPS) is 28.0. The molecule has 0 unspecified atom stereocenters. The summed E-state index contributed by atoms with van der Waals surface area (Å²) in [5.74, 6) is 0. The first-order valence-electron chi connectivity index (χ1n) is 7.85. The molecule has 128 valence electrons. The van der Waals surface area contributed by atoms with Crippen LogP contribution in [0.4, 0.5) is 4.79 Å². The first-order chi connectivity index (χ1) is 9.69. The molecule has 0 atom stereocenters. The molecule has 2 aliphatic heterocycles. The van der Waals surface area contributed by atoms with Crippen molar-refractivity contribution in [1.82, 2.24) is 14.4 Å². The molecule has 0 aliphatic carbocycles. The van der Waals surface area contributed by atoms with Crippen molar-refractivity contribution >= 4 is 13.7 Å². The van der Waals surface area contributed by atoms with E-state index in [0.717, 1.165) is 0 Å². The van der Waals surface area contributed by atoms with E-state index in [4.69, 9.17) is 4.74 Å². The van der Waals surface area contributed by atoms with Crippen molar-refractivity contribution in [2.45, 2.75) is 84.5 Å². The highest BCUT2D eigenvalue weighted by Crippen LogP contribution is 2.77. The van der Waals surface area contributed by atoms with Gasteiger partial charge in [-0.25, -0.2) is 19.2 Å². The maximum Gasteiger partial charge on any atom is 0.414 e. The third-order valence-corrected chi connectivity index (χ3v) is 9.63. The van der Waals surface area contributed by atoms with Crippen molar-refractivity contribution in [2.24, 2.45) is 0 Å². The fraction of sp³-hybridized carbons (Fsp3) is 0.933. The number of amides is 1. The molecule has 2 rings (SSSR count). The minimum absolute atomic E-state index is 0.253. The molecule has 0 spiro atoms. The molecule has 1 amide bonds. The van der Waals surface area contributed by atoms with Crippen molar-refractivity contribution in [3.05, 3.63) is 0 Å². The van der Waals surface area contributed by atoms with Gasteiger partial charge in [-0.05, 0) is 62.3 Å². The number of carbonyl (C=O) groups excluding carboxylic acids is 1. The number of nitrogens with one attached hydrogen (secondary N) is 1. The zero-order chi connectivity index (χ0) is 17.4. The summed E-state index contributed by atoms with van der Waals surface area (Å²) in [6.45, 7) is 18.4. The van der Waals surface area contributed by atoms with E-state index in [-0.39, 0.29) is 28.8 Å². The lowest BCUT2D eigenvalue weighted by Gasteiger charge is -2.27. The molecule has 0 saturated carbocycles. The Labute approximate surface area is 134 Å². The van der Waals surface area contributed by atoms with E-state index in [2.05, 4.69) is 60.5 Å². The van der Waals surface area contributed by atoms with Crippen molar-refractivity contribution in [2.75, 3.05) is 6.61 Å². The van der Waals surface area contributed by atoms with Crippen LogP contribution in [0.5, 0.6) is 0 Å². The van der Waals surface area contributed by atoms with Gasteiger partial charge in [-0.3, -0.25) is 4.57 Å². The topological polar surface area (TPSA) is 61.4 Å². The van der Waals surface area contributed by atoms with Crippen LogP contribution in [0.1, 0.15) is 62.3 Å². The number of hydrogen-bond donors (Lipinski definition) is 1. The molecule has 22 heavy (non-hydrogen) atoms. The lowest BCUT2D eigenvalue weighted by Crippen LogP contribution is -2.32. The maximum absolute atomic E-state index is 13.9. The average Bonchev–Trinajstić information content (AvgIpc) is 2.87. The predicted molar refractivity (Wildman–Crippen MR) is 87.8 cm³/mol. The van der Waals surface area contributed by atoms with E-state index in [1.54, 1.807) is 6.92 Å². The minimum Gasteiger partial charge on any atom is -0.450 e. The number of carbonyl (C=O) groups is 1. The van der Waals surface area contributed by atoms with Crippen LogP contribution < -0.4 is 5.09 Å². The summed E-state index contributed by atoms with van der Waals surface area (Å²) in [5, 5.41) is 2.69. The molecule has 0 radical (unpaired) electrons. The van der Waals surface area contributed by atoms with Crippen LogP contribution >= 0.6 is 7.59 Å². The number of nitrogens with zero attached hydrogens (tertiary/aromatic N) is 2. The first kappa shape index (κ1) is 17.8. The van der Waals surface area contributed by atoms with Gasteiger partial charge in [-0.1, -0.05) is 0 Å². The Morgan fingerprint density at radius 3 is 1.45 bits per heavy atom. The SMILES string of the molecule is CCOC(=O)NP(=O)(N1C(C)(C)C1(C)C)N1C(C)(C)C1(C)C. The Balaban J connectivity index is 2.41. The molecule has 2 fully saturated rings. The van der Waals surface area contributed by atoms with Crippen LogP contribution in [0, 0.1) is 0 Å². The van der Waals surface area contributed by atoms with Gasteiger partial charge in [0.1, 0.15) is 0 Å². The van der Waals surface area contributed by atoms with E-state index < -0.39 is 13.7 Å². The number of ether oxygens (including phenoxy) is 1. The minimum atomic E-state index is -3.27. The molecule has 1 N–H and O–H groups in total. The Kier molecular flexibility index (Phi) is 3.63. The van der Waals surface area contributed by atoms with Crippen LogP contribution in [0.15, 0.2) is 0 Å². The molecular formula is C15H30N3O3P. The van der Waals surface area contributed by atoms with Crippen LogP contribution in [0.25, 0.3) is 0 Å². The van der Waals surface area contributed by atoms with Gasteiger partial charge < -0.3 is 4.74 Å². The van der Waals surface area contributed by atoms with Gasteiger partial charge in [0.25, 0.3) is 0 Å². The summed E-state index contributed by atoms with van der Waals surface area (Å²) in [7, 11) is -3.27. The van der Waals surface area contributed by atoms with Crippen molar-refractivity contribution < 1.29 is 14.1 Å². The summed E-state index contributed by atoms with van der Waals surface area (Å²) in [4.78, 5) is 12.0. The average molecular weight is 331 g/mol. The Hall–Kier alpha value is -0.580. The molecule has 0 aromatic heterocycles. The van der Waals surface area contributed by atoms with Gasteiger partial charge >= 0.3 is 13.7 Å². The van der Waals surface area contributed by atoms with Gasteiger partial charge in [0.05, 0.1) is 6.61 Å². The summed E-state index contributed by atoms with van der Waals surface area (Å²) < 4.78 is 22.8. The second-order valence-corrected chi connectivity index (χ2v) is 10.3.